The number of aryl methyl sites for hydroxylation is 1. The zero-order valence-corrected chi connectivity index (χ0v) is 13.3. The van der Waals surface area contributed by atoms with Crippen molar-refractivity contribution in [2.75, 3.05) is 5.32 Å². The molecule has 0 atom stereocenters. The normalized spacial score (nSPS) is 11.4. The molecule has 0 saturated heterocycles. The monoisotopic (exact) mass is 326 g/mol. The highest BCUT2D eigenvalue weighted by Crippen LogP contribution is 2.20. The van der Waals surface area contributed by atoms with E-state index in [-0.39, 0.29) is 0 Å². The van der Waals surface area contributed by atoms with Crippen LogP contribution in [-0.4, -0.2) is 24.6 Å². The van der Waals surface area contributed by atoms with Crippen LogP contribution in [0.15, 0.2) is 36.8 Å². The largest absolute Gasteiger partial charge is 0.366 e. The minimum absolute atomic E-state index is 0.458. The third kappa shape index (κ3) is 2.51. The van der Waals surface area contributed by atoms with E-state index in [0.29, 0.717) is 11.7 Å². The average molecular weight is 327 g/mol. The van der Waals surface area contributed by atoms with Gasteiger partial charge in [-0.25, -0.2) is 9.97 Å². The van der Waals surface area contributed by atoms with Crippen molar-refractivity contribution in [1.29, 1.82) is 0 Å². The molecule has 2 N–H and O–H groups in total. The Hall–Kier alpha value is -2.60. The Labute approximate surface area is 137 Å². The van der Waals surface area contributed by atoms with Gasteiger partial charge in [0, 0.05) is 18.2 Å². The molecule has 4 aromatic rings. The van der Waals surface area contributed by atoms with Crippen LogP contribution in [-0.2, 0) is 13.0 Å². The Bertz CT molecular complexity index is 987. The molecule has 0 spiro atoms. The molecule has 7 heteroatoms. The highest BCUT2D eigenvalue weighted by Gasteiger charge is 2.10. The molecule has 4 rings (SSSR count). The van der Waals surface area contributed by atoms with Crippen LogP contribution in [0.1, 0.15) is 18.1 Å². The lowest BCUT2D eigenvalue weighted by Gasteiger charge is -2.09. The van der Waals surface area contributed by atoms with Crippen molar-refractivity contribution >= 4 is 34.1 Å². The number of nitrogens with zero attached hydrogens (tertiary/aromatic N) is 4. The molecule has 116 valence electrons. The van der Waals surface area contributed by atoms with Crippen LogP contribution in [0.2, 0.25) is 5.15 Å². The predicted octanol–water partition coefficient (Wildman–Crippen LogP) is 3.43. The number of imidazole rings is 1. The standard InChI is InChI=1S/C16H15ClN6/c1-2-11-8-21-23-15(6-14(17)22-16(11)23)18-7-10-3-4-12-13(5-10)20-9-19-12/h3-6,8-9,18H,2,7H2,1H3,(H,19,20). The summed E-state index contributed by atoms with van der Waals surface area (Å²) in [5.41, 5.74) is 5.00. The van der Waals surface area contributed by atoms with E-state index >= 15 is 0 Å². The summed E-state index contributed by atoms with van der Waals surface area (Å²) in [7, 11) is 0. The first kappa shape index (κ1) is 14.0. The van der Waals surface area contributed by atoms with Crippen LogP contribution >= 0.6 is 11.6 Å². The van der Waals surface area contributed by atoms with Gasteiger partial charge in [0.05, 0.1) is 23.6 Å². The summed E-state index contributed by atoms with van der Waals surface area (Å²) in [4.78, 5) is 11.7. The summed E-state index contributed by atoms with van der Waals surface area (Å²) in [5, 5.41) is 8.24. The molecule has 23 heavy (non-hydrogen) atoms. The molecule has 0 aliphatic heterocycles. The first-order chi connectivity index (χ1) is 11.2. The van der Waals surface area contributed by atoms with Gasteiger partial charge >= 0.3 is 0 Å². The van der Waals surface area contributed by atoms with Crippen LogP contribution < -0.4 is 5.32 Å². The third-order valence-corrected chi connectivity index (χ3v) is 4.05. The molecule has 0 aliphatic carbocycles. The fraction of sp³-hybridized carbons (Fsp3) is 0.188. The third-order valence-electron chi connectivity index (χ3n) is 3.85. The Morgan fingerprint density at radius 3 is 3.09 bits per heavy atom. The summed E-state index contributed by atoms with van der Waals surface area (Å²) in [6.45, 7) is 2.73. The van der Waals surface area contributed by atoms with Crippen LogP contribution in [0.4, 0.5) is 5.82 Å². The number of benzene rings is 1. The predicted molar refractivity (Wildman–Crippen MR) is 90.8 cm³/mol. The molecule has 0 amide bonds. The summed E-state index contributed by atoms with van der Waals surface area (Å²) >= 11 is 6.15. The second-order valence-corrected chi connectivity index (χ2v) is 5.72. The number of hydrogen-bond donors (Lipinski definition) is 2. The maximum Gasteiger partial charge on any atom is 0.162 e. The topological polar surface area (TPSA) is 70.9 Å². The van der Waals surface area contributed by atoms with Gasteiger partial charge in [-0.2, -0.15) is 9.61 Å². The molecule has 1 aromatic carbocycles. The molecule has 0 bridgehead atoms. The van der Waals surface area contributed by atoms with E-state index in [0.717, 1.165) is 40.0 Å². The van der Waals surface area contributed by atoms with Gasteiger partial charge in [0.1, 0.15) is 11.0 Å². The Morgan fingerprint density at radius 2 is 2.22 bits per heavy atom. The van der Waals surface area contributed by atoms with E-state index in [1.54, 1.807) is 16.9 Å². The molecule has 0 radical (unpaired) electrons. The molecule has 0 fully saturated rings. The van der Waals surface area contributed by atoms with E-state index in [2.05, 4.69) is 44.4 Å². The SMILES string of the molecule is CCc1cnn2c(NCc3ccc4nc[nH]c4c3)cc(Cl)nc12. The number of aromatic amines is 1. The van der Waals surface area contributed by atoms with Gasteiger partial charge in [0.15, 0.2) is 5.65 Å². The van der Waals surface area contributed by atoms with Crippen molar-refractivity contribution in [1.82, 2.24) is 24.6 Å². The van der Waals surface area contributed by atoms with E-state index in [1.807, 2.05) is 12.3 Å². The highest BCUT2D eigenvalue weighted by atomic mass is 35.5. The number of anilines is 1. The Balaban J connectivity index is 1.65. The fourth-order valence-corrected chi connectivity index (χ4v) is 2.82. The summed E-state index contributed by atoms with van der Waals surface area (Å²) in [6, 6.07) is 7.92. The van der Waals surface area contributed by atoms with Crippen LogP contribution in [0.5, 0.6) is 0 Å². The van der Waals surface area contributed by atoms with Crippen molar-refractivity contribution in [3.63, 3.8) is 0 Å². The highest BCUT2D eigenvalue weighted by molar-refractivity contribution is 6.29. The number of hydrogen-bond acceptors (Lipinski definition) is 4. The molecule has 0 aliphatic rings. The summed E-state index contributed by atoms with van der Waals surface area (Å²) in [5.74, 6) is 0.824. The number of fused-ring (bicyclic) bond motifs is 2. The molecule has 3 heterocycles. The van der Waals surface area contributed by atoms with Crippen molar-refractivity contribution in [3.05, 3.63) is 53.1 Å². The second-order valence-electron chi connectivity index (χ2n) is 5.33. The van der Waals surface area contributed by atoms with Crippen LogP contribution in [0.3, 0.4) is 0 Å². The molecule has 0 saturated carbocycles. The first-order valence-corrected chi connectivity index (χ1v) is 7.81. The molecule has 0 unspecified atom stereocenters. The van der Waals surface area contributed by atoms with Crippen molar-refractivity contribution < 1.29 is 0 Å². The van der Waals surface area contributed by atoms with Gasteiger partial charge in [-0.1, -0.05) is 24.6 Å². The lowest BCUT2D eigenvalue weighted by molar-refractivity contribution is 0.925. The Kier molecular flexibility index (Phi) is 3.38. The number of aromatic nitrogens is 5. The van der Waals surface area contributed by atoms with Gasteiger partial charge in [-0.15, -0.1) is 0 Å². The molecular formula is C16H15ClN6. The molecular weight excluding hydrogens is 312 g/mol. The zero-order valence-electron chi connectivity index (χ0n) is 12.5. The molecule has 6 nitrogen and oxygen atoms in total. The quantitative estimate of drug-likeness (QED) is 0.564. The van der Waals surface area contributed by atoms with E-state index in [9.17, 15) is 0 Å². The average Bonchev–Trinajstić information content (AvgIpc) is 3.18. The summed E-state index contributed by atoms with van der Waals surface area (Å²) < 4.78 is 1.79. The summed E-state index contributed by atoms with van der Waals surface area (Å²) in [6.07, 6.45) is 4.40. The van der Waals surface area contributed by atoms with Gasteiger partial charge in [-0.05, 0) is 24.1 Å². The zero-order chi connectivity index (χ0) is 15.8. The smallest absolute Gasteiger partial charge is 0.162 e. The number of nitrogens with one attached hydrogen (secondary N) is 2. The maximum absolute atomic E-state index is 6.15. The maximum atomic E-state index is 6.15. The molecule has 3 aromatic heterocycles. The van der Waals surface area contributed by atoms with Crippen LogP contribution in [0, 0.1) is 0 Å². The van der Waals surface area contributed by atoms with Crippen molar-refractivity contribution in [2.45, 2.75) is 19.9 Å². The number of halogens is 1. The van der Waals surface area contributed by atoms with Crippen molar-refractivity contribution in [2.24, 2.45) is 0 Å². The number of rotatable bonds is 4. The number of H-pyrrole nitrogens is 1. The first-order valence-electron chi connectivity index (χ1n) is 7.43. The van der Waals surface area contributed by atoms with Gasteiger partial charge in [0.25, 0.3) is 0 Å². The van der Waals surface area contributed by atoms with E-state index in [4.69, 9.17) is 11.6 Å². The second kappa shape index (κ2) is 5.55. The van der Waals surface area contributed by atoms with Crippen LogP contribution in [0.25, 0.3) is 16.7 Å². The van der Waals surface area contributed by atoms with Crippen molar-refractivity contribution in [3.8, 4) is 0 Å². The minimum atomic E-state index is 0.458. The lowest BCUT2D eigenvalue weighted by Crippen LogP contribution is -2.06. The fourth-order valence-electron chi connectivity index (χ4n) is 2.64. The van der Waals surface area contributed by atoms with Gasteiger partial charge in [0.2, 0.25) is 0 Å². The Morgan fingerprint density at radius 1 is 1.30 bits per heavy atom. The lowest BCUT2D eigenvalue weighted by atomic mass is 10.2. The van der Waals surface area contributed by atoms with Gasteiger partial charge < -0.3 is 10.3 Å². The van der Waals surface area contributed by atoms with E-state index in [1.165, 1.54) is 0 Å². The van der Waals surface area contributed by atoms with Gasteiger partial charge in [-0.3, -0.25) is 0 Å². The minimum Gasteiger partial charge on any atom is -0.366 e. The van der Waals surface area contributed by atoms with E-state index < -0.39 is 0 Å².